The van der Waals surface area contributed by atoms with E-state index in [4.69, 9.17) is 5.73 Å². The molecule has 2 saturated carbocycles. The number of carbonyl (C=O) groups is 2. The van der Waals surface area contributed by atoms with Crippen molar-refractivity contribution in [1.82, 2.24) is 20.1 Å². The molecule has 280 valence electrons. The van der Waals surface area contributed by atoms with Crippen molar-refractivity contribution in [2.75, 3.05) is 0 Å². The van der Waals surface area contributed by atoms with Crippen LogP contribution >= 0.6 is 0 Å². The Bertz CT molecular complexity index is 2280. The van der Waals surface area contributed by atoms with Crippen LogP contribution in [0.3, 0.4) is 0 Å². The van der Waals surface area contributed by atoms with Gasteiger partial charge in [-0.25, -0.2) is 18.2 Å². The zero-order valence-corrected chi connectivity index (χ0v) is 28.0. The van der Waals surface area contributed by atoms with Crippen molar-refractivity contribution in [1.29, 1.82) is 0 Å². The van der Waals surface area contributed by atoms with Crippen LogP contribution in [0.25, 0.3) is 11.1 Å². The van der Waals surface area contributed by atoms with Crippen LogP contribution in [0, 0.1) is 35.2 Å². The second kappa shape index (κ2) is 13.1. The predicted molar refractivity (Wildman–Crippen MR) is 176 cm³/mol. The van der Waals surface area contributed by atoms with Crippen LogP contribution in [-0.4, -0.2) is 37.3 Å². The summed E-state index contributed by atoms with van der Waals surface area (Å²) in [4.78, 5) is 30.4. The molecule has 2 fully saturated rings. The number of allylic oxidation sites excluding steroid dienone is 1. The van der Waals surface area contributed by atoms with Gasteiger partial charge >= 0.3 is 6.18 Å². The Morgan fingerprint density at radius 3 is 2.39 bits per heavy atom. The van der Waals surface area contributed by atoms with Gasteiger partial charge < -0.3 is 16.2 Å². The highest BCUT2D eigenvalue weighted by atomic mass is 19.4. The van der Waals surface area contributed by atoms with Gasteiger partial charge in [-0.1, -0.05) is 24.1 Å². The summed E-state index contributed by atoms with van der Waals surface area (Å²) >= 11 is 0. The number of aliphatic hydroxyl groups is 1. The number of hydrogen-bond donors (Lipinski definition) is 3. The number of benzene rings is 2. The highest BCUT2D eigenvalue weighted by molar-refractivity contribution is 5.94. The number of rotatable bonds is 8. The SMILES string of the molecule is C=C1[C@@H]2c3c(C(F)(F)F)nn(CC(=O)N[C@@H](Cc4cc(F)cc(F)c4)c4nc(C#CC5(O)CCCC5)ccc4-c4ccc(F)c(C(N)=O)c4)c3C(F)(F)[C@H]12. The first-order valence-corrected chi connectivity index (χ1v) is 16.7. The smallest absolute Gasteiger partial charge is 0.378 e. The molecule has 4 N–H and O–H groups in total. The van der Waals surface area contributed by atoms with Gasteiger partial charge in [-0.3, -0.25) is 14.3 Å². The zero-order chi connectivity index (χ0) is 38.9. The molecule has 8 nitrogen and oxygen atoms in total. The van der Waals surface area contributed by atoms with E-state index in [9.17, 15) is 41.0 Å². The minimum absolute atomic E-state index is 0.0243. The summed E-state index contributed by atoms with van der Waals surface area (Å²) < 4.78 is 117. The Labute approximate surface area is 302 Å². The van der Waals surface area contributed by atoms with Crippen LogP contribution < -0.4 is 11.1 Å². The Balaban J connectivity index is 1.33. The molecule has 3 aliphatic carbocycles. The third kappa shape index (κ3) is 6.72. The van der Waals surface area contributed by atoms with Crippen LogP contribution in [0.15, 0.2) is 60.7 Å². The van der Waals surface area contributed by atoms with Crippen molar-refractivity contribution in [3.8, 4) is 23.0 Å². The lowest BCUT2D eigenvalue weighted by Gasteiger charge is -2.23. The molecule has 0 radical (unpaired) electrons. The van der Waals surface area contributed by atoms with E-state index >= 15 is 8.78 Å². The molecule has 0 bridgehead atoms. The summed E-state index contributed by atoms with van der Waals surface area (Å²) in [6.45, 7) is 2.34. The molecule has 2 amide bonds. The van der Waals surface area contributed by atoms with Gasteiger partial charge in [-0.2, -0.15) is 27.1 Å². The molecule has 16 heteroatoms. The van der Waals surface area contributed by atoms with Gasteiger partial charge in [0.1, 0.15) is 41.0 Å². The molecule has 0 aliphatic heterocycles. The van der Waals surface area contributed by atoms with E-state index < -0.39 is 100 Å². The van der Waals surface area contributed by atoms with Gasteiger partial charge in [-0.05, 0) is 85.5 Å². The number of amides is 2. The molecule has 54 heavy (non-hydrogen) atoms. The van der Waals surface area contributed by atoms with E-state index in [2.05, 4.69) is 33.8 Å². The van der Waals surface area contributed by atoms with Gasteiger partial charge in [0.25, 0.3) is 11.8 Å². The first kappa shape index (κ1) is 36.8. The molecular formula is C38H29F8N5O3. The fourth-order valence-electron chi connectivity index (χ4n) is 7.46. The number of alkyl halides is 5. The van der Waals surface area contributed by atoms with Crippen molar-refractivity contribution in [2.45, 2.75) is 68.3 Å². The second-order valence-corrected chi connectivity index (χ2v) is 13.7. The minimum Gasteiger partial charge on any atom is -0.378 e. The molecule has 2 aromatic heterocycles. The molecule has 0 spiro atoms. The summed E-state index contributed by atoms with van der Waals surface area (Å²) in [6.07, 6.45) is -3.27. The number of nitrogens with one attached hydrogen (secondary N) is 1. The lowest BCUT2D eigenvalue weighted by molar-refractivity contribution is -0.142. The minimum atomic E-state index is -5.13. The summed E-state index contributed by atoms with van der Waals surface area (Å²) in [7, 11) is 0. The third-order valence-electron chi connectivity index (χ3n) is 9.94. The first-order chi connectivity index (χ1) is 25.4. The summed E-state index contributed by atoms with van der Waals surface area (Å²) in [5.41, 5.74) is 0.332. The molecule has 0 unspecified atom stereocenters. The van der Waals surface area contributed by atoms with Crippen molar-refractivity contribution in [3.63, 3.8) is 0 Å². The van der Waals surface area contributed by atoms with Gasteiger partial charge in [0.2, 0.25) is 5.91 Å². The Hall–Kier alpha value is -5.56. The fraction of sp³-hybridized carbons (Fsp3) is 0.316. The van der Waals surface area contributed by atoms with Crippen molar-refractivity contribution >= 4 is 11.8 Å². The van der Waals surface area contributed by atoms with E-state index in [1.807, 2.05) is 0 Å². The number of nitrogens with zero attached hydrogens (tertiary/aromatic N) is 3. The molecule has 3 atom stereocenters. The Morgan fingerprint density at radius 2 is 1.74 bits per heavy atom. The topological polar surface area (TPSA) is 123 Å². The third-order valence-corrected chi connectivity index (χ3v) is 9.94. The number of carbonyl (C=O) groups excluding carboxylic acids is 2. The summed E-state index contributed by atoms with van der Waals surface area (Å²) in [5.74, 6) is -6.23. The van der Waals surface area contributed by atoms with Gasteiger partial charge in [0, 0.05) is 23.1 Å². The van der Waals surface area contributed by atoms with Gasteiger partial charge in [-0.15, -0.1) is 0 Å². The van der Waals surface area contributed by atoms with Gasteiger partial charge in [0.15, 0.2) is 5.69 Å². The summed E-state index contributed by atoms with van der Waals surface area (Å²) in [6, 6.07) is 7.32. The highest BCUT2D eigenvalue weighted by Crippen LogP contribution is 2.71. The first-order valence-electron chi connectivity index (χ1n) is 16.7. The van der Waals surface area contributed by atoms with Crippen LogP contribution in [0.5, 0.6) is 0 Å². The Kier molecular flexibility index (Phi) is 8.91. The van der Waals surface area contributed by atoms with E-state index in [0.717, 1.165) is 37.1 Å². The maximum absolute atomic E-state index is 15.4. The summed E-state index contributed by atoms with van der Waals surface area (Å²) in [5, 5.41) is 16.8. The second-order valence-electron chi connectivity index (χ2n) is 13.7. The lowest BCUT2D eigenvalue weighted by Crippen LogP contribution is -2.35. The average molecular weight is 756 g/mol. The normalized spacial score (nSPS) is 19.8. The fourth-order valence-corrected chi connectivity index (χ4v) is 7.46. The number of aromatic nitrogens is 3. The maximum Gasteiger partial charge on any atom is 0.435 e. The van der Waals surface area contributed by atoms with Crippen molar-refractivity contribution in [2.24, 2.45) is 11.7 Å². The van der Waals surface area contributed by atoms with Crippen molar-refractivity contribution in [3.05, 3.63) is 118 Å². The number of primary amides is 1. The highest BCUT2D eigenvalue weighted by Gasteiger charge is 2.71. The molecule has 0 saturated heterocycles. The quantitative estimate of drug-likeness (QED) is 0.106. The molecule has 7 rings (SSSR count). The van der Waals surface area contributed by atoms with Crippen LogP contribution in [0.2, 0.25) is 0 Å². The van der Waals surface area contributed by atoms with E-state index in [1.54, 1.807) is 0 Å². The molecule has 4 aromatic rings. The van der Waals surface area contributed by atoms with Crippen LogP contribution in [-0.2, 0) is 29.9 Å². The van der Waals surface area contributed by atoms with E-state index in [0.29, 0.717) is 23.6 Å². The lowest BCUT2D eigenvalue weighted by atomic mass is 9.93. The average Bonchev–Trinajstić information content (AvgIpc) is 3.33. The van der Waals surface area contributed by atoms with Gasteiger partial charge in [0.05, 0.1) is 23.2 Å². The monoisotopic (exact) mass is 755 g/mol. The number of fused-ring (bicyclic) bond motifs is 3. The van der Waals surface area contributed by atoms with E-state index in [-0.39, 0.29) is 33.7 Å². The maximum atomic E-state index is 15.4. The number of hydrogen-bond acceptors (Lipinski definition) is 5. The Morgan fingerprint density at radius 1 is 1.06 bits per heavy atom. The largest absolute Gasteiger partial charge is 0.435 e. The standard InChI is InChI=1S/C38H29F8N5O3/c1-18-29-30-33(38(44,45)46)50-51(34(30)37(42,43)31(18)29)17-28(52)49-27(14-19-12-21(39)16-22(40)13-19)32-24(20-4-7-26(41)25(15-20)35(47)53)6-5-23(48-32)8-11-36(54)9-2-3-10-36/h4-7,12-13,15-16,27,29,31,54H,1-3,9-10,14,17H2,(H2,47,53)(H,49,52)/t27-,29+,31+/m0/s1. The molecule has 2 aromatic carbocycles. The number of pyridine rings is 1. The molecule has 2 heterocycles. The van der Waals surface area contributed by atoms with E-state index in [1.165, 1.54) is 18.2 Å². The van der Waals surface area contributed by atoms with Crippen molar-refractivity contribution < 1.29 is 49.8 Å². The molecular weight excluding hydrogens is 726 g/mol. The predicted octanol–water partition coefficient (Wildman–Crippen LogP) is 6.61. The number of nitrogens with two attached hydrogens (primary N) is 1. The molecule has 3 aliphatic rings. The van der Waals surface area contributed by atoms with Crippen LogP contribution in [0.1, 0.15) is 81.9 Å². The van der Waals surface area contributed by atoms with Crippen LogP contribution in [0.4, 0.5) is 35.1 Å². The number of halogens is 8. The zero-order valence-electron chi connectivity index (χ0n) is 28.0.